The fourth-order valence-corrected chi connectivity index (χ4v) is 3.58. The van der Waals surface area contributed by atoms with Gasteiger partial charge >= 0.3 is 6.18 Å². The first kappa shape index (κ1) is 24.8. The van der Waals surface area contributed by atoms with Crippen LogP contribution in [0.5, 0.6) is 11.5 Å². The minimum Gasteiger partial charge on any atom is -0.497 e. The molecule has 186 valence electrons. The average Bonchev–Trinajstić information content (AvgIpc) is 3.36. The number of benzene rings is 3. The lowest BCUT2D eigenvalue weighted by molar-refractivity contribution is -0.140. The third kappa shape index (κ3) is 5.32. The Bertz CT molecular complexity index is 1380. The molecule has 0 aliphatic heterocycles. The van der Waals surface area contributed by atoms with Gasteiger partial charge in [0.1, 0.15) is 23.1 Å². The van der Waals surface area contributed by atoms with Gasteiger partial charge in [-0.1, -0.05) is 24.3 Å². The molecular formula is C26H21F4N3O3. The summed E-state index contributed by atoms with van der Waals surface area (Å²) in [5.74, 6) is -0.235. The number of nitrogens with zero attached hydrogens (tertiary/aromatic N) is 1. The largest absolute Gasteiger partial charge is 0.497 e. The summed E-state index contributed by atoms with van der Waals surface area (Å²) in [5.41, 5.74) is 1.44. The zero-order valence-electron chi connectivity index (χ0n) is 19.2. The van der Waals surface area contributed by atoms with Gasteiger partial charge in [0, 0.05) is 23.2 Å². The molecule has 0 unspecified atom stereocenters. The van der Waals surface area contributed by atoms with Gasteiger partial charge in [-0.3, -0.25) is 4.79 Å². The van der Waals surface area contributed by atoms with Crippen LogP contribution in [0.15, 0.2) is 66.9 Å². The molecule has 3 aromatic carbocycles. The van der Waals surface area contributed by atoms with Gasteiger partial charge in [-0.2, -0.15) is 13.2 Å². The topological polar surface area (TPSA) is 76.2 Å². The van der Waals surface area contributed by atoms with Gasteiger partial charge in [-0.25, -0.2) is 9.37 Å². The number of nitrogens with one attached hydrogen (secondary N) is 2. The van der Waals surface area contributed by atoms with E-state index >= 15 is 0 Å². The number of amides is 1. The predicted molar refractivity (Wildman–Crippen MR) is 125 cm³/mol. The van der Waals surface area contributed by atoms with E-state index in [1.54, 1.807) is 44.7 Å². The molecule has 4 aromatic rings. The number of hydrogen-bond acceptors (Lipinski definition) is 4. The summed E-state index contributed by atoms with van der Waals surface area (Å²) in [6, 6.07) is 14.7. The van der Waals surface area contributed by atoms with Crippen LogP contribution in [0.4, 0.5) is 17.6 Å². The molecule has 0 fully saturated rings. The Morgan fingerprint density at radius 3 is 2.39 bits per heavy atom. The fraction of sp³-hybridized carbons (Fsp3) is 0.154. The highest BCUT2D eigenvalue weighted by molar-refractivity contribution is 5.94. The van der Waals surface area contributed by atoms with E-state index in [2.05, 4.69) is 15.3 Å². The van der Waals surface area contributed by atoms with Crippen LogP contribution >= 0.6 is 0 Å². The highest BCUT2D eigenvalue weighted by Crippen LogP contribution is 2.34. The molecule has 1 aromatic heterocycles. The van der Waals surface area contributed by atoms with Crippen LogP contribution < -0.4 is 14.8 Å². The van der Waals surface area contributed by atoms with Gasteiger partial charge in [0.05, 0.1) is 31.7 Å². The lowest BCUT2D eigenvalue weighted by atomic mass is 10.1. The van der Waals surface area contributed by atoms with Gasteiger partial charge in [-0.15, -0.1) is 0 Å². The lowest BCUT2D eigenvalue weighted by Gasteiger charge is -2.10. The molecular weight excluding hydrogens is 478 g/mol. The van der Waals surface area contributed by atoms with Crippen molar-refractivity contribution in [3.8, 4) is 34.1 Å². The maximum absolute atomic E-state index is 13.7. The minimum absolute atomic E-state index is 0.103. The van der Waals surface area contributed by atoms with Crippen LogP contribution in [0, 0.1) is 5.82 Å². The molecule has 0 saturated heterocycles. The Labute approximate surface area is 203 Å². The van der Waals surface area contributed by atoms with Gasteiger partial charge < -0.3 is 19.8 Å². The first-order valence-electron chi connectivity index (χ1n) is 10.7. The molecule has 0 aliphatic carbocycles. The van der Waals surface area contributed by atoms with Crippen molar-refractivity contribution in [1.29, 1.82) is 0 Å². The van der Waals surface area contributed by atoms with Crippen LogP contribution in [0.2, 0.25) is 0 Å². The summed E-state index contributed by atoms with van der Waals surface area (Å²) in [4.78, 5) is 19.9. The van der Waals surface area contributed by atoms with Crippen LogP contribution in [0.25, 0.3) is 22.6 Å². The highest BCUT2D eigenvalue weighted by atomic mass is 19.4. The first-order chi connectivity index (χ1) is 17.2. The third-order valence-electron chi connectivity index (χ3n) is 5.49. The number of ether oxygens (including phenoxy) is 2. The molecule has 0 radical (unpaired) electrons. The molecule has 2 N–H and O–H groups in total. The quantitative estimate of drug-likeness (QED) is 0.313. The summed E-state index contributed by atoms with van der Waals surface area (Å²) < 4.78 is 62.6. The van der Waals surface area contributed by atoms with Crippen molar-refractivity contribution in [2.24, 2.45) is 0 Å². The third-order valence-corrected chi connectivity index (χ3v) is 5.49. The normalized spacial score (nSPS) is 11.3. The number of H-pyrrole nitrogens is 1. The molecule has 0 aliphatic rings. The molecule has 4 rings (SSSR count). The zero-order chi connectivity index (χ0) is 25.9. The lowest BCUT2D eigenvalue weighted by Crippen LogP contribution is -2.23. The van der Waals surface area contributed by atoms with E-state index < -0.39 is 23.5 Å². The fourth-order valence-electron chi connectivity index (χ4n) is 3.58. The summed E-state index contributed by atoms with van der Waals surface area (Å²) in [5, 5.41) is 2.57. The monoisotopic (exact) mass is 499 g/mol. The smallest absolute Gasteiger partial charge is 0.419 e. The number of aromatic nitrogens is 2. The molecule has 6 nitrogen and oxygen atoms in total. The van der Waals surface area contributed by atoms with E-state index in [0.29, 0.717) is 29.5 Å². The van der Waals surface area contributed by atoms with Crippen LogP contribution in [-0.2, 0) is 12.7 Å². The Morgan fingerprint density at radius 2 is 1.75 bits per heavy atom. The number of carbonyl (C=O) groups excluding carboxylic acids is 1. The average molecular weight is 499 g/mol. The molecule has 1 heterocycles. The highest BCUT2D eigenvalue weighted by Gasteiger charge is 2.34. The SMILES string of the molecule is COc1ccc(OC)c(-c2cnc(-c3ccc(CNC(=O)c4ccc(C(F)(F)F)c(F)c4)cc3)[nH]2)c1. The van der Waals surface area contributed by atoms with Crippen molar-refractivity contribution >= 4 is 5.91 Å². The van der Waals surface area contributed by atoms with Crippen LogP contribution in [-0.4, -0.2) is 30.1 Å². The second-order valence-electron chi connectivity index (χ2n) is 7.78. The maximum Gasteiger partial charge on any atom is 0.419 e. The van der Waals surface area contributed by atoms with Gasteiger partial charge in [0.25, 0.3) is 5.91 Å². The molecule has 36 heavy (non-hydrogen) atoms. The number of rotatable bonds is 7. The van der Waals surface area contributed by atoms with Crippen LogP contribution in [0.3, 0.4) is 0 Å². The molecule has 1 amide bonds. The number of alkyl halides is 3. The first-order valence-corrected chi connectivity index (χ1v) is 10.7. The molecule has 10 heteroatoms. The standard InChI is InChI=1S/C26H21F4N3O3/c1-35-18-8-10-23(36-2)19(12-18)22-14-31-24(33-22)16-5-3-15(4-6-16)13-32-25(34)17-7-9-20(21(27)11-17)26(28,29)30/h3-12,14H,13H2,1-2H3,(H,31,33)(H,32,34). The van der Waals surface area contributed by atoms with E-state index in [1.165, 1.54) is 0 Å². The van der Waals surface area contributed by atoms with E-state index in [4.69, 9.17) is 9.47 Å². The van der Waals surface area contributed by atoms with E-state index in [0.717, 1.165) is 28.5 Å². The van der Waals surface area contributed by atoms with Crippen molar-refractivity contribution in [3.05, 3.63) is 89.4 Å². The number of hydrogen-bond donors (Lipinski definition) is 2. The molecule has 0 spiro atoms. The minimum atomic E-state index is -4.82. The Hall–Kier alpha value is -4.34. The molecule has 0 saturated carbocycles. The number of methoxy groups -OCH3 is 2. The molecule has 0 atom stereocenters. The number of carbonyl (C=O) groups is 1. The van der Waals surface area contributed by atoms with E-state index in [9.17, 15) is 22.4 Å². The maximum atomic E-state index is 13.7. The van der Waals surface area contributed by atoms with Crippen molar-refractivity contribution < 1.29 is 31.8 Å². The van der Waals surface area contributed by atoms with E-state index in [1.807, 2.05) is 18.2 Å². The van der Waals surface area contributed by atoms with Crippen molar-refractivity contribution in [1.82, 2.24) is 15.3 Å². The summed E-state index contributed by atoms with van der Waals surface area (Å²) in [7, 11) is 3.16. The van der Waals surface area contributed by atoms with E-state index in [-0.39, 0.29) is 12.1 Å². The number of halogens is 4. The Morgan fingerprint density at radius 1 is 1.00 bits per heavy atom. The summed E-state index contributed by atoms with van der Waals surface area (Å²) >= 11 is 0. The Kier molecular flexibility index (Phi) is 6.96. The van der Waals surface area contributed by atoms with Gasteiger partial charge in [-0.05, 0) is 42.0 Å². The van der Waals surface area contributed by atoms with Gasteiger partial charge in [0.15, 0.2) is 0 Å². The Balaban J connectivity index is 1.43. The number of imidazole rings is 1. The summed E-state index contributed by atoms with van der Waals surface area (Å²) in [6.45, 7) is 0.103. The van der Waals surface area contributed by atoms with Crippen molar-refractivity contribution in [2.45, 2.75) is 12.7 Å². The molecule has 0 bridgehead atoms. The van der Waals surface area contributed by atoms with Crippen molar-refractivity contribution in [2.75, 3.05) is 14.2 Å². The second kappa shape index (κ2) is 10.1. The van der Waals surface area contributed by atoms with Crippen molar-refractivity contribution in [3.63, 3.8) is 0 Å². The van der Waals surface area contributed by atoms with Gasteiger partial charge in [0.2, 0.25) is 0 Å². The second-order valence-corrected chi connectivity index (χ2v) is 7.78. The summed E-state index contributed by atoms with van der Waals surface area (Å²) in [6.07, 6.45) is -3.14. The van der Waals surface area contributed by atoms with Crippen LogP contribution in [0.1, 0.15) is 21.5 Å². The number of aromatic amines is 1. The zero-order valence-corrected chi connectivity index (χ0v) is 19.2. The predicted octanol–water partition coefficient (Wildman–Crippen LogP) is 5.85.